The summed E-state index contributed by atoms with van der Waals surface area (Å²) in [6.07, 6.45) is 5.69. The minimum atomic E-state index is 0. The van der Waals surface area contributed by atoms with Crippen molar-refractivity contribution >= 4 is 29.9 Å². The Hall–Kier alpha value is -1.68. The fraction of sp³-hybridized carbons (Fsp3) is 0.609. The second kappa shape index (κ2) is 13.7. The van der Waals surface area contributed by atoms with E-state index in [-0.39, 0.29) is 24.0 Å². The smallest absolute Gasteiger partial charge is 0.191 e. The molecule has 0 saturated heterocycles. The van der Waals surface area contributed by atoms with Gasteiger partial charge in [0.25, 0.3) is 0 Å². The van der Waals surface area contributed by atoms with Crippen LogP contribution in [-0.2, 0) is 18.3 Å². The first-order valence-corrected chi connectivity index (χ1v) is 11.2. The maximum Gasteiger partial charge on any atom is 0.191 e. The summed E-state index contributed by atoms with van der Waals surface area (Å²) >= 11 is 0. The molecule has 0 unspecified atom stereocenters. The van der Waals surface area contributed by atoms with Gasteiger partial charge in [-0.1, -0.05) is 30.3 Å². The molecule has 31 heavy (non-hydrogen) atoms. The minimum Gasteiger partial charge on any atom is -0.382 e. The topological polar surface area (TPSA) is 76.4 Å². The number of hydrogen-bond donors (Lipinski definition) is 2. The molecule has 1 aliphatic rings. The second-order valence-corrected chi connectivity index (χ2v) is 7.97. The summed E-state index contributed by atoms with van der Waals surface area (Å²) in [5, 5.41) is 15.5. The Balaban J connectivity index is 0.00000341. The number of ether oxygens (including phenoxy) is 1. The van der Waals surface area contributed by atoms with E-state index in [0.29, 0.717) is 18.5 Å². The molecule has 0 aliphatic heterocycles. The second-order valence-electron chi connectivity index (χ2n) is 7.97. The third kappa shape index (κ3) is 8.07. The van der Waals surface area contributed by atoms with E-state index in [1.54, 1.807) is 0 Å². The molecule has 1 heterocycles. The van der Waals surface area contributed by atoms with Crippen molar-refractivity contribution in [3.8, 4) is 0 Å². The quantitative estimate of drug-likeness (QED) is 0.218. The van der Waals surface area contributed by atoms with Gasteiger partial charge in [0.1, 0.15) is 12.4 Å². The zero-order valence-corrected chi connectivity index (χ0v) is 21.3. The van der Waals surface area contributed by atoms with E-state index in [1.165, 1.54) is 18.4 Å². The van der Waals surface area contributed by atoms with Gasteiger partial charge in [0, 0.05) is 32.8 Å². The molecule has 7 nitrogen and oxygen atoms in total. The van der Waals surface area contributed by atoms with Gasteiger partial charge in [-0.3, -0.25) is 0 Å². The summed E-state index contributed by atoms with van der Waals surface area (Å²) in [7, 11) is 1.98. The molecule has 0 atom stereocenters. The largest absolute Gasteiger partial charge is 0.382 e. The highest BCUT2D eigenvalue weighted by Crippen LogP contribution is 2.32. The monoisotopic (exact) mass is 540 g/mol. The zero-order chi connectivity index (χ0) is 21.2. The van der Waals surface area contributed by atoms with Gasteiger partial charge in [-0.25, -0.2) is 4.99 Å². The summed E-state index contributed by atoms with van der Waals surface area (Å²) in [4.78, 5) is 4.79. The number of nitrogens with one attached hydrogen (secondary N) is 2. The van der Waals surface area contributed by atoms with E-state index in [0.717, 1.165) is 56.6 Å². The van der Waals surface area contributed by atoms with Gasteiger partial charge in [-0.2, -0.15) is 0 Å². The average Bonchev–Trinajstić information content (AvgIpc) is 3.10. The lowest BCUT2D eigenvalue weighted by molar-refractivity contribution is 0.145. The van der Waals surface area contributed by atoms with Crippen LogP contribution in [0.3, 0.4) is 0 Å². The Morgan fingerprint density at radius 1 is 1.16 bits per heavy atom. The molecular weight excluding hydrogens is 503 g/mol. The van der Waals surface area contributed by atoms with Crippen LogP contribution < -0.4 is 10.6 Å². The zero-order valence-electron chi connectivity index (χ0n) is 19.0. The van der Waals surface area contributed by atoms with Crippen LogP contribution in [0.1, 0.15) is 62.2 Å². The summed E-state index contributed by atoms with van der Waals surface area (Å²) in [6.45, 7) is 6.85. The number of benzene rings is 1. The lowest BCUT2D eigenvalue weighted by Gasteiger charge is -2.30. The highest BCUT2D eigenvalue weighted by Gasteiger charge is 2.23. The molecule has 1 aromatic carbocycles. The molecule has 0 amide bonds. The summed E-state index contributed by atoms with van der Waals surface area (Å²) in [6, 6.07) is 11.3. The van der Waals surface area contributed by atoms with Crippen molar-refractivity contribution in [2.45, 2.75) is 64.5 Å². The standard InChI is InChI=1S/C23H36N6O.HI/c1-4-30-16-8-15-24-23(25-17-22-28-27-18(2)29(22)3)26-21-13-11-20(12-14-21)19-9-6-5-7-10-19;/h5-7,9-10,20-21H,4,8,11-17H2,1-3H3,(H2,24,25,26);1H. The minimum absolute atomic E-state index is 0. The van der Waals surface area contributed by atoms with Gasteiger partial charge < -0.3 is 19.9 Å². The number of hydrogen-bond acceptors (Lipinski definition) is 4. The van der Waals surface area contributed by atoms with Crippen molar-refractivity contribution in [2.24, 2.45) is 12.0 Å². The van der Waals surface area contributed by atoms with Crippen LogP contribution in [0.15, 0.2) is 35.3 Å². The highest BCUT2D eigenvalue weighted by molar-refractivity contribution is 14.0. The number of aliphatic imine (C=N–C) groups is 1. The predicted octanol–water partition coefficient (Wildman–Crippen LogP) is 3.93. The van der Waals surface area contributed by atoms with Crippen molar-refractivity contribution < 1.29 is 4.74 Å². The van der Waals surface area contributed by atoms with Crippen molar-refractivity contribution in [2.75, 3.05) is 19.8 Å². The van der Waals surface area contributed by atoms with Gasteiger partial charge in [-0.05, 0) is 57.4 Å². The molecule has 3 rings (SSSR count). The Kier molecular flexibility index (Phi) is 11.3. The molecule has 1 aromatic heterocycles. The average molecular weight is 540 g/mol. The van der Waals surface area contributed by atoms with Crippen molar-refractivity contribution in [1.29, 1.82) is 0 Å². The third-order valence-corrected chi connectivity index (χ3v) is 5.86. The highest BCUT2D eigenvalue weighted by atomic mass is 127. The molecule has 1 aliphatic carbocycles. The van der Waals surface area contributed by atoms with Crippen LogP contribution in [0.25, 0.3) is 0 Å². The molecule has 0 bridgehead atoms. The van der Waals surface area contributed by atoms with Gasteiger partial charge in [-0.15, -0.1) is 34.2 Å². The van der Waals surface area contributed by atoms with Gasteiger partial charge in [0.2, 0.25) is 0 Å². The number of rotatable bonds is 9. The van der Waals surface area contributed by atoms with Gasteiger partial charge in [0.05, 0.1) is 0 Å². The number of guanidine groups is 1. The first-order valence-electron chi connectivity index (χ1n) is 11.2. The number of nitrogens with zero attached hydrogens (tertiary/aromatic N) is 4. The van der Waals surface area contributed by atoms with Crippen LogP contribution in [0.5, 0.6) is 0 Å². The van der Waals surface area contributed by atoms with Crippen molar-refractivity contribution in [3.63, 3.8) is 0 Å². The maximum absolute atomic E-state index is 5.45. The molecule has 172 valence electrons. The number of aromatic nitrogens is 3. The first-order chi connectivity index (χ1) is 14.7. The first kappa shape index (κ1) is 25.6. The lowest BCUT2D eigenvalue weighted by Crippen LogP contribution is -2.45. The fourth-order valence-electron chi connectivity index (χ4n) is 3.91. The summed E-state index contributed by atoms with van der Waals surface area (Å²) in [5.74, 6) is 3.30. The molecular formula is C23H37IN6O. The molecule has 0 radical (unpaired) electrons. The molecule has 2 aromatic rings. The molecule has 1 fully saturated rings. The van der Waals surface area contributed by atoms with E-state index >= 15 is 0 Å². The van der Waals surface area contributed by atoms with Crippen LogP contribution in [-0.4, -0.2) is 46.5 Å². The third-order valence-electron chi connectivity index (χ3n) is 5.86. The van der Waals surface area contributed by atoms with Crippen LogP contribution >= 0.6 is 24.0 Å². The molecule has 1 saturated carbocycles. The van der Waals surface area contributed by atoms with Crippen LogP contribution in [0, 0.1) is 6.92 Å². The Morgan fingerprint density at radius 2 is 1.90 bits per heavy atom. The predicted molar refractivity (Wildman–Crippen MR) is 136 cm³/mol. The van der Waals surface area contributed by atoms with E-state index in [4.69, 9.17) is 9.73 Å². The number of halogens is 1. The Morgan fingerprint density at radius 3 is 2.55 bits per heavy atom. The SMILES string of the molecule is CCOCCCNC(=NCc1nnc(C)n1C)NC1CCC(c2ccccc2)CC1.I. The van der Waals surface area contributed by atoms with Gasteiger partial charge in [0.15, 0.2) is 11.8 Å². The summed E-state index contributed by atoms with van der Waals surface area (Å²) < 4.78 is 7.43. The molecule has 2 N–H and O–H groups in total. The van der Waals surface area contributed by atoms with E-state index in [9.17, 15) is 0 Å². The van der Waals surface area contributed by atoms with Crippen LogP contribution in [0.4, 0.5) is 0 Å². The fourth-order valence-corrected chi connectivity index (χ4v) is 3.91. The van der Waals surface area contributed by atoms with E-state index in [1.807, 2.05) is 25.5 Å². The van der Waals surface area contributed by atoms with Crippen molar-refractivity contribution in [3.05, 3.63) is 47.5 Å². The van der Waals surface area contributed by atoms with E-state index in [2.05, 4.69) is 51.2 Å². The number of aryl methyl sites for hydroxylation is 1. The lowest BCUT2D eigenvalue weighted by atomic mass is 9.82. The molecule has 8 heteroatoms. The maximum atomic E-state index is 5.45. The van der Waals surface area contributed by atoms with Gasteiger partial charge >= 0.3 is 0 Å². The van der Waals surface area contributed by atoms with Crippen LogP contribution in [0.2, 0.25) is 0 Å². The van der Waals surface area contributed by atoms with Crippen molar-refractivity contribution in [1.82, 2.24) is 25.4 Å². The summed E-state index contributed by atoms with van der Waals surface area (Å²) in [5.41, 5.74) is 1.47. The normalized spacial score (nSPS) is 19.0. The Bertz CT molecular complexity index is 787. The van der Waals surface area contributed by atoms with E-state index < -0.39 is 0 Å². The molecule has 0 spiro atoms. The Labute approximate surface area is 203 Å².